The summed E-state index contributed by atoms with van der Waals surface area (Å²) in [6.07, 6.45) is 0. The van der Waals surface area contributed by atoms with Gasteiger partial charge >= 0.3 is 5.63 Å². The SMILES string of the molecule is COc1ccc2cc(S(=O)c3ccc(C)c(Cl)c3)c(=O)oc2c1. The van der Waals surface area contributed by atoms with Crippen LogP contribution in [0.2, 0.25) is 5.02 Å². The van der Waals surface area contributed by atoms with Crippen LogP contribution in [0.4, 0.5) is 0 Å². The lowest BCUT2D eigenvalue weighted by Gasteiger charge is -2.06. The third-order valence-electron chi connectivity index (χ3n) is 3.47. The van der Waals surface area contributed by atoms with Crippen LogP contribution in [0, 0.1) is 6.92 Å². The molecule has 0 spiro atoms. The van der Waals surface area contributed by atoms with Gasteiger partial charge in [0.2, 0.25) is 0 Å². The van der Waals surface area contributed by atoms with Gasteiger partial charge in [-0.3, -0.25) is 0 Å². The van der Waals surface area contributed by atoms with E-state index in [0.717, 1.165) is 5.56 Å². The molecule has 3 aromatic rings. The Morgan fingerprint density at radius 1 is 1.13 bits per heavy atom. The molecule has 0 fully saturated rings. The van der Waals surface area contributed by atoms with Gasteiger partial charge in [-0.05, 0) is 42.8 Å². The molecule has 2 aromatic carbocycles. The molecule has 1 heterocycles. The Kier molecular flexibility index (Phi) is 4.24. The molecule has 0 amide bonds. The van der Waals surface area contributed by atoms with Crippen LogP contribution in [0.25, 0.3) is 11.0 Å². The van der Waals surface area contributed by atoms with Gasteiger partial charge in [0.15, 0.2) is 0 Å². The Bertz CT molecular complexity index is 978. The van der Waals surface area contributed by atoms with Crippen LogP contribution in [0.5, 0.6) is 5.75 Å². The number of aryl methyl sites for hydroxylation is 1. The molecule has 0 radical (unpaired) electrons. The second-order valence-corrected chi connectivity index (χ2v) is 6.84. The van der Waals surface area contributed by atoms with Crippen molar-refractivity contribution in [3.05, 3.63) is 63.5 Å². The molecule has 0 aliphatic heterocycles. The predicted molar refractivity (Wildman–Crippen MR) is 89.9 cm³/mol. The average Bonchev–Trinajstić information content (AvgIpc) is 2.55. The highest BCUT2D eigenvalue weighted by Gasteiger charge is 2.15. The zero-order valence-corrected chi connectivity index (χ0v) is 14.0. The minimum absolute atomic E-state index is 0.0857. The van der Waals surface area contributed by atoms with Gasteiger partial charge in [-0.15, -0.1) is 0 Å². The Hall–Kier alpha value is -2.11. The van der Waals surface area contributed by atoms with E-state index >= 15 is 0 Å². The number of benzene rings is 2. The van der Waals surface area contributed by atoms with E-state index in [4.69, 9.17) is 20.8 Å². The number of hydrogen-bond acceptors (Lipinski definition) is 4. The molecule has 0 aliphatic carbocycles. The summed E-state index contributed by atoms with van der Waals surface area (Å²) in [6.45, 7) is 1.85. The fraction of sp³-hybridized carbons (Fsp3) is 0.118. The molecule has 1 aromatic heterocycles. The minimum Gasteiger partial charge on any atom is -0.497 e. The van der Waals surface area contributed by atoms with Crippen molar-refractivity contribution in [2.24, 2.45) is 0 Å². The molecule has 118 valence electrons. The quantitative estimate of drug-likeness (QED) is 0.673. The van der Waals surface area contributed by atoms with E-state index in [-0.39, 0.29) is 4.90 Å². The van der Waals surface area contributed by atoms with Crippen molar-refractivity contribution in [1.82, 2.24) is 0 Å². The van der Waals surface area contributed by atoms with E-state index in [1.54, 1.807) is 42.5 Å². The molecular weight excluding hydrogens is 336 g/mol. The van der Waals surface area contributed by atoms with Crippen molar-refractivity contribution in [2.45, 2.75) is 16.7 Å². The van der Waals surface area contributed by atoms with E-state index < -0.39 is 16.4 Å². The van der Waals surface area contributed by atoms with Gasteiger partial charge in [0.25, 0.3) is 0 Å². The minimum atomic E-state index is -1.66. The summed E-state index contributed by atoms with van der Waals surface area (Å²) in [4.78, 5) is 12.7. The van der Waals surface area contributed by atoms with Crippen LogP contribution >= 0.6 is 11.6 Å². The topological polar surface area (TPSA) is 56.5 Å². The lowest BCUT2D eigenvalue weighted by atomic mass is 10.2. The Morgan fingerprint density at radius 2 is 1.91 bits per heavy atom. The molecule has 1 atom stereocenters. The van der Waals surface area contributed by atoms with Gasteiger partial charge in [-0.1, -0.05) is 17.7 Å². The summed E-state index contributed by atoms with van der Waals surface area (Å²) in [7, 11) is -0.130. The molecular formula is C17H13ClO4S. The number of hydrogen-bond donors (Lipinski definition) is 0. The van der Waals surface area contributed by atoms with Crippen LogP contribution < -0.4 is 10.4 Å². The molecule has 4 nitrogen and oxygen atoms in total. The number of methoxy groups -OCH3 is 1. The maximum atomic E-state index is 12.7. The third-order valence-corrected chi connectivity index (χ3v) is 5.24. The highest BCUT2D eigenvalue weighted by atomic mass is 35.5. The van der Waals surface area contributed by atoms with E-state index in [1.807, 2.05) is 6.92 Å². The molecule has 0 bridgehead atoms. The van der Waals surface area contributed by atoms with Gasteiger partial charge in [0, 0.05) is 21.4 Å². The predicted octanol–water partition coefficient (Wildman–Crippen LogP) is 3.93. The van der Waals surface area contributed by atoms with E-state index in [0.29, 0.717) is 26.6 Å². The summed E-state index contributed by atoms with van der Waals surface area (Å²) >= 11 is 6.06. The molecule has 23 heavy (non-hydrogen) atoms. The second kappa shape index (κ2) is 6.18. The second-order valence-electron chi connectivity index (χ2n) is 4.98. The first-order valence-electron chi connectivity index (χ1n) is 6.79. The van der Waals surface area contributed by atoms with E-state index in [9.17, 15) is 9.00 Å². The fourth-order valence-electron chi connectivity index (χ4n) is 2.14. The highest BCUT2D eigenvalue weighted by Crippen LogP contribution is 2.25. The van der Waals surface area contributed by atoms with E-state index in [2.05, 4.69) is 0 Å². The standard InChI is InChI=1S/C17H13ClO4S/c1-10-3-6-13(9-14(10)18)23(20)16-7-11-4-5-12(21-2)8-15(11)22-17(16)19/h3-9H,1-2H3. The van der Waals surface area contributed by atoms with Crippen LogP contribution in [-0.2, 0) is 10.8 Å². The van der Waals surface area contributed by atoms with Gasteiger partial charge in [0.1, 0.15) is 16.2 Å². The van der Waals surface area contributed by atoms with Gasteiger partial charge in [-0.25, -0.2) is 9.00 Å². The molecule has 6 heteroatoms. The van der Waals surface area contributed by atoms with Gasteiger partial charge < -0.3 is 9.15 Å². The lowest BCUT2D eigenvalue weighted by molar-refractivity contribution is 0.414. The molecule has 1 unspecified atom stereocenters. The maximum absolute atomic E-state index is 12.7. The van der Waals surface area contributed by atoms with Gasteiger partial charge in [0.05, 0.1) is 17.9 Å². The van der Waals surface area contributed by atoms with Crippen molar-refractivity contribution in [2.75, 3.05) is 7.11 Å². The normalized spacial score (nSPS) is 12.3. The lowest BCUT2D eigenvalue weighted by Crippen LogP contribution is -2.09. The Labute approximate surface area is 140 Å². The molecule has 0 saturated heterocycles. The monoisotopic (exact) mass is 348 g/mol. The van der Waals surface area contributed by atoms with Crippen molar-refractivity contribution in [3.63, 3.8) is 0 Å². The molecule has 0 saturated carbocycles. The van der Waals surface area contributed by atoms with Crippen LogP contribution in [0.3, 0.4) is 0 Å². The fourth-order valence-corrected chi connectivity index (χ4v) is 3.49. The van der Waals surface area contributed by atoms with Crippen LogP contribution in [0.15, 0.2) is 61.5 Å². The van der Waals surface area contributed by atoms with Crippen LogP contribution in [0.1, 0.15) is 5.56 Å². The molecule has 0 aliphatic rings. The number of rotatable bonds is 3. The van der Waals surface area contributed by atoms with Crippen molar-refractivity contribution in [3.8, 4) is 5.75 Å². The third kappa shape index (κ3) is 3.02. The summed E-state index contributed by atoms with van der Waals surface area (Å²) in [5.41, 5.74) is 0.628. The van der Waals surface area contributed by atoms with Crippen molar-refractivity contribution < 1.29 is 13.4 Å². The highest BCUT2D eigenvalue weighted by molar-refractivity contribution is 7.85. The molecule has 3 rings (SSSR count). The first kappa shape index (κ1) is 15.8. The first-order chi connectivity index (χ1) is 11.0. The zero-order chi connectivity index (χ0) is 16.6. The average molecular weight is 349 g/mol. The Morgan fingerprint density at radius 3 is 2.61 bits per heavy atom. The van der Waals surface area contributed by atoms with Crippen molar-refractivity contribution in [1.29, 1.82) is 0 Å². The first-order valence-corrected chi connectivity index (χ1v) is 8.32. The van der Waals surface area contributed by atoms with Crippen molar-refractivity contribution >= 4 is 33.4 Å². The van der Waals surface area contributed by atoms with Crippen LogP contribution in [-0.4, -0.2) is 11.3 Å². The smallest absolute Gasteiger partial charge is 0.353 e. The number of ether oxygens (including phenoxy) is 1. The van der Waals surface area contributed by atoms with Gasteiger partial charge in [-0.2, -0.15) is 0 Å². The largest absolute Gasteiger partial charge is 0.497 e. The number of halogens is 1. The summed E-state index contributed by atoms with van der Waals surface area (Å²) in [5.74, 6) is 0.583. The maximum Gasteiger partial charge on any atom is 0.353 e. The number of fused-ring (bicyclic) bond motifs is 1. The van der Waals surface area contributed by atoms with E-state index in [1.165, 1.54) is 7.11 Å². The Balaban J connectivity index is 2.11. The summed E-state index contributed by atoms with van der Waals surface area (Å²) in [5, 5.41) is 1.18. The summed E-state index contributed by atoms with van der Waals surface area (Å²) in [6, 6.07) is 11.7. The zero-order valence-electron chi connectivity index (χ0n) is 12.5. The summed E-state index contributed by atoms with van der Waals surface area (Å²) < 4.78 is 23.0. The molecule has 0 N–H and O–H groups in total.